The molecule has 0 amide bonds. The highest BCUT2D eigenvalue weighted by Gasteiger charge is 2.06. The maximum absolute atomic E-state index is 13.5. The van der Waals surface area contributed by atoms with Crippen LogP contribution in [0.15, 0.2) is 41.0 Å². The molecule has 0 aliphatic rings. The van der Waals surface area contributed by atoms with E-state index in [-0.39, 0.29) is 5.82 Å². The molecule has 0 bridgehead atoms. The molecule has 0 unspecified atom stereocenters. The molecule has 16 heavy (non-hydrogen) atoms. The molecule has 82 valence electrons. The number of anilines is 3. The lowest BCUT2D eigenvalue weighted by Crippen LogP contribution is -1.96. The smallest absolute Gasteiger partial charge is 0.147 e. The Labute approximate surface area is 101 Å². The monoisotopic (exact) mass is 281 g/mol. The SMILES string of the molecule is Nc1ccc(Nc2c(F)cccc2Br)cn1. The molecule has 0 atom stereocenters. The average Bonchev–Trinajstić information content (AvgIpc) is 2.26. The summed E-state index contributed by atoms with van der Waals surface area (Å²) in [4.78, 5) is 3.91. The van der Waals surface area contributed by atoms with E-state index in [4.69, 9.17) is 5.73 Å². The summed E-state index contributed by atoms with van der Waals surface area (Å²) in [6.07, 6.45) is 1.55. The first-order valence-electron chi connectivity index (χ1n) is 4.59. The van der Waals surface area contributed by atoms with Gasteiger partial charge in [-0.2, -0.15) is 0 Å². The van der Waals surface area contributed by atoms with Crippen LogP contribution in [0.5, 0.6) is 0 Å². The average molecular weight is 282 g/mol. The molecule has 0 saturated heterocycles. The fourth-order valence-corrected chi connectivity index (χ4v) is 1.68. The summed E-state index contributed by atoms with van der Waals surface area (Å²) in [6, 6.07) is 8.16. The Bertz CT molecular complexity index is 479. The summed E-state index contributed by atoms with van der Waals surface area (Å²) in [5.41, 5.74) is 6.52. The summed E-state index contributed by atoms with van der Waals surface area (Å²) >= 11 is 3.27. The molecule has 0 fully saturated rings. The molecule has 0 radical (unpaired) electrons. The Hall–Kier alpha value is -1.62. The number of benzene rings is 1. The molecule has 0 saturated carbocycles. The second kappa shape index (κ2) is 4.49. The maximum atomic E-state index is 13.5. The zero-order chi connectivity index (χ0) is 11.5. The minimum atomic E-state index is -0.328. The third-order valence-electron chi connectivity index (χ3n) is 2.02. The van der Waals surface area contributed by atoms with Crippen molar-refractivity contribution in [1.29, 1.82) is 0 Å². The second-order valence-electron chi connectivity index (χ2n) is 3.19. The topological polar surface area (TPSA) is 50.9 Å². The number of nitrogen functional groups attached to an aromatic ring is 1. The first-order valence-corrected chi connectivity index (χ1v) is 5.38. The Morgan fingerprint density at radius 1 is 1.25 bits per heavy atom. The van der Waals surface area contributed by atoms with Crippen molar-refractivity contribution in [3.8, 4) is 0 Å². The Morgan fingerprint density at radius 3 is 2.69 bits per heavy atom. The van der Waals surface area contributed by atoms with Crippen LogP contribution in [0.25, 0.3) is 0 Å². The first kappa shape index (κ1) is 10.9. The van der Waals surface area contributed by atoms with Crippen molar-refractivity contribution in [2.45, 2.75) is 0 Å². The number of hydrogen-bond donors (Lipinski definition) is 2. The molecular formula is C11H9BrFN3. The van der Waals surface area contributed by atoms with Crippen LogP contribution in [0.3, 0.4) is 0 Å². The first-order chi connectivity index (χ1) is 7.66. The molecule has 0 aliphatic carbocycles. The molecule has 1 heterocycles. The van der Waals surface area contributed by atoms with Crippen LogP contribution in [0, 0.1) is 5.82 Å². The predicted molar refractivity (Wildman–Crippen MR) is 66.0 cm³/mol. The molecule has 2 rings (SSSR count). The van der Waals surface area contributed by atoms with Gasteiger partial charge in [0, 0.05) is 4.47 Å². The van der Waals surface area contributed by atoms with Crippen molar-refractivity contribution in [3.05, 3.63) is 46.8 Å². The van der Waals surface area contributed by atoms with Crippen LogP contribution >= 0.6 is 15.9 Å². The van der Waals surface area contributed by atoms with Gasteiger partial charge in [0.25, 0.3) is 0 Å². The summed E-state index contributed by atoms with van der Waals surface area (Å²) in [5.74, 6) is 0.101. The van der Waals surface area contributed by atoms with Crippen LogP contribution in [0.1, 0.15) is 0 Å². The van der Waals surface area contributed by atoms with E-state index < -0.39 is 0 Å². The van der Waals surface area contributed by atoms with Crippen molar-refractivity contribution in [1.82, 2.24) is 4.98 Å². The molecule has 0 spiro atoms. The predicted octanol–water partition coefficient (Wildman–Crippen LogP) is 3.31. The number of nitrogens with one attached hydrogen (secondary N) is 1. The molecule has 1 aromatic carbocycles. The van der Waals surface area contributed by atoms with Gasteiger partial charge in [0.05, 0.1) is 17.6 Å². The van der Waals surface area contributed by atoms with Gasteiger partial charge in [0.1, 0.15) is 11.6 Å². The van der Waals surface area contributed by atoms with E-state index in [1.54, 1.807) is 30.5 Å². The lowest BCUT2D eigenvalue weighted by Gasteiger charge is -2.09. The number of para-hydroxylation sites is 1. The van der Waals surface area contributed by atoms with Gasteiger partial charge < -0.3 is 11.1 Å². The molecule has 3 nitrogen and oxygen atoms in total. The van der Waals surface area contributed by atoms with E-state index in [9.17, 15) is 4.39 Å². The fraction of sp³-hybridized carbons (Fsp3) is 0. The molecule has 5 heteroatoms. The molecule has 1 aromatic heterocycles. The second-order valence-corrected chi connectivity index (χ2v) is 4.05. The number of aromatic nitrogens is 1. The van der Waals surface area contributed by atoms with Crippen LogP contribution in [0.4, 0.5) is 21.6 Å². The van der Waals surface area contributed by atoms with Crippen LogP contribution in [0.2, 0.25) is 0 Å². The van der Waals surface area contributed by atoms with E-state index in [0.717, 1.165) is 0 Å². The van der Waals surface area contributed by atoms with Gasteiger partial charge in [-0.25, -0.2) is 9.37 Å². The zero-order valence-corrected chi connectivity index (χ0v) is 9.83. The van der Waals surface area contributed by atoms with Crippen LogP contribution in [-0.4, -0.2) is 4.98 Å². The Morgan fingerprint density at radius 2 is 2.06 bits per heavy atom. The number of halogens is 2. The summed E-state index contributed by atoms with van der Waals surface area (Å²) < 4.78 is 14.1. The minimum Gasteiger partial charge on any atom is -0.384 e. The Kier molecular flexibility index (Phi) is 3.05. The van der Waals surface area contributed by atoms with E-state index in [1.165, 1.54) is 6.07 Å². The van der Waals surface area contributed by atoms with E-state index in [1.807, 2.05) is 0 Å². The van der Waals surface area contributed by atoms with Gasteiger partial charge in [-0.15, -0.1) is 0 Å². The molecular weight excluding hydrogens is 273 g/mol. The molecule has 3 N–H and O–H groups in total. The third-order valence-corrected chi connectivity index (χ3v) is 2.68. The molecule has 0 aliphatic heterocycles. The van der Waals surface area contributed by atoms with Crippen LogP contribution < -0.4 is 11.1 Å². The largest absolute Gasteiger partial charge is 0.384 e. The highest BCUT2D eigenvalue weighted by Crippen LogP contribution is 2.28. The van der Waals surface area contributed by atoms with Crippen LogP contribution in [-0.2, 0) is 0 Å². The van der Waals surface area contributed by atoms with Crippen molar-refractivity contribution in [3.63, 3.8) is 0 Å². The lowest BCUT2D eigenvalue weighted by molar-refractivity contribution is 0.631. The Balaban J connectivity index is 2.30. The van der Waals surface area contributed by atoms with Gasteiger partial charge in [-0.3, -0.25) is 0 Å². The standard InChI is InChI=1S/C11H9BrFN3/c12-8-2-1-3-9(13)11(8)16-7-4-5-10(14)15-6-7/h1-6,16H,(H2,14,15). The number of rotatable bonds is 2. The quantitative estimate of drug-likeness (QED) is 0.888. The van der Waals surface area contributed by atoms with Crippen molar-refractivity contribution in [2.75, 3.05) is 11.1 Å². The third kappa shape index (κ3) is 2.30. The van der Waals surface area contributed by atoms with E-state index >= 15 is 0 Å². The molecule has 2 aromatic rings. The highest BCUT2D eigenvalue weighted by molar-refractivity contribution is 9.10. The summed E-state index contributed by atoms with van der Waals surface area (Å²) in [7, 11) is 0. The van der Waals surface area contributed by atoms with Crippen molar-refractivity contribution >= 4 is 33.1 Å². The van der Waals surface area contributed by atoms with Crippen molar-refractivity contribution in [2.24, 2.45) is 0 Å². The van der Waals surface area contributed by atoms with Gasteiger partial charge in [-0.1, -0.05) is 6.07 Å². The van der Waals surface area contributed by atoms with Gasteiger partial charge in [0.15, 0.2) is 0 Å². The fourth-order valence-electron chi connectivity index (χ4n) is 1.24. The van der Waals surface area contributed by atoms with Gasteiger partial charge in [-0.05, 0) is 40.2 Å². The van der Waals surface area contributed by atoms with Crippen molar-refractivity contribution < 1.29 is 4.39 Å². The summed E-state index contributed by atoms with van der Waals surface area (Å²) in [6.45, 7) is 0. The van der Waals surface area contributed by atoms with E-state index in [0.29, 0.717) is 21.7 Å². The highest BCUT2D eigenvalue weighted by atomic mass is 79.9. The number of hydrogen-bond acceptors (Lipinski definition) is 3. The minimum absolute atomic E-state index is 0.328. The number of pyridine rings is 1. The van der Waals surface area contributed by atoms with Gasteiger partial charge >= 0.3 is 0 Å². The van der Waals surface area contributed by atoms with E-state index in [2.05, 4.69) is 26.2 Å². The number of nitrogens with two attached hydrogens (primary N) is 1. The zero-order valence-electron chi connectivity index (χ0n) is 8.24. The normalized spacial score (nSPS) is 10.1. The summed E-state index contributed by atoms with van der Waals surface area (Å²) in [5, 5.41) is 2.93. The lowest BCUT2D eigenvalue weighted by atomic mass is 10.3. The van der Waals surface area contributed by atoms with Gasteiger partial charge in [0.2, 0.25) is 0 Å². The maximum Gasteiger partial charge on any atom is 0.147 e. The number of nitrogens with zero attached hydrogens (tertiary/aromatic N) is 1.